The third-order valence-corrected chi connectivity index (χ3v) is 4.55. The van der Waals surface area contributed by atoms with E-state index >= 15 is 0 Å². The number of nitrogens with one attached hydrogen (secondary N) is 1. The second-order valence-electron chi connectivity index (χ2n) is 4.58. The Bertz CT molecular complexity index is 901. The van der Waals surface area contributed by atoms with Crippen LogP contribution in [0.5, 0.6) is 5.75 Å². The molecule has 0 aliphatic rings. The van der Waals surface area contributed by atoms with Gasteiger partial charge in [-0.3, -0.25) is 4.72 Å². The van der Waals surface area contributed by atoms with Crippen molar-refractivity contribution in [2.24, 2.45) is 0 Å². The lowest BCUT2D eigenvalue weighted by molar-refractivity contribution is 0.414. The van der Waals surface area contributed by atoms with E-state index in [0.29, 0.717) is 11.1 Å². The molecule has 0 spiro atoms. The molecular formula is C16H13N2O3S. The summed E-state index contributed by atoms with van der Waals surface area (Å²) in [7, 11) is -2.19. The summed E-state index contributed by atoms with van der Waals surface area (Å²) < 4.78 is 32.4. The molecule has 1 heterocycles. The van der Waals surface area contributed by atoms with Crippen LogP contribution in [0.15, 0.2) is 59.6 Å². The number of benzene rings is 2. The lowest BCUT2D eigenvalue weighted by atomic mass is 10.2. The molecule has 0 saturated heterocycles. The van der Waals surface area contributed by atoms with Gasteiger partial charge in [-0.05, 0) is 29.7 Å². The number of hydrogen-bond donors (Lipinski definition) is 1. The molecule has 1 radical (unpaired) electrons. The van der Waals surface area contributed by atoms with Crippen LogP contribution in [0.1, 0.15) is 0 Å². The molecule has 3 aromatic rings. The normalized spacial score (nSPS) is 11.3. The molecule has 5 nitrogen and oxygen atoms in total. The van der Waals surface area contributed by atoms with Gasteiger partial charge in [-0.15, -0.1) is 0 Å². The quantitative estimate of drug-likeness (QED) is 0.804. The van der Waals surface area contributed by atoms with E-state index in [0.717, 1.165) is 5.39 Å². The number of ether oxygens (including phenoxy) is 1. The molecule has 0 unspecified atom stereocenters. The zero-order valence-electron chi connectivity index (χ0n) is 11.8. The lowest BCUT2D eigenvalue weighted by Gasteiger charge is -2.10. The number of rotatable bonds is 4. The second kappa shape index (κ2) is 5.65. The fourth-order valence-corrected chi connectivity index (χ4v) is 3.10. The maximum Gasteiger partial charge on any atom is 0.263 e. The van der Waals surface area contributed by atoms with Gasteiger partial charge in [0.05, 0.1) is 12.0 Å². The largest absolute Gasteiger partial charge is 0.497 e. The van der Waals surface area contributed by atoms with Crippen molar-refractivity contribution in [3.63, 3.8) is 0 Å². The Hall–Kier alpha value is -2.60. The highest BCUT2D eigenvalue weighted by Crippen LogP contribution is 2.23. The zero-order valence-corrected chi connectivity index (χ0v) is 12.6. The first-order chi connectivity index (χ1) is 10.6. The fourth-order valence-electron chi connectivity index (χ4n) is 2.07. The van der Waals surface area contributed by atoms with Crippen LogP contribution in [-0.2, 0) is 10.0 Å². The summed E-state index contributed by atoms with van der Waals surface area (Å²) >= 11 is 0. The van der Waals surface area contributed by atoms with E-state index in [-0.39, 0.29) is 10.7 Å². The first-order valence-corrected chi connectivity index (χ1v) is 8.01. The van der Waals surface area contributed by atoms with Crippen molar-refractivity contribution < 1.29 is 13.2 Å². The van der Waals surface area contributed by atoms with Crippen molar-refractivity contribution in [3.8, 4) is 5.75 Å². The highest BCUT2D eigenvalue weighted by Gasteiger charge is 2.16. The standard InChI is InChI=1S/C16H13N2O3S/c1-21-13-6-8-14(9-7-13)22(19,20)18-16-15-5-3-2-4-12(15)10-11-17-16/h2-9,11H,1H3,(H,17,18). The molecular weight excluding hydrogens is 300 g/mol. The van der Waals surface area contributed by atoms with Gasteiger partial charge in [-0.2, -0.15) is 0 Å². The van der Waals surface area contributed by atoms with E-state index in [1.807, 2.05) is 18.2 Å². The summed E-state index contributed by atoms with van der Waals surface area (Å²) in [4.78, 5) is 4.23. The minimum Gasteiger partial charge on any atom is -0.497 e. The number of hydrogen-bond acceptors (Lipinski definition) is 4. The van der Waals surface area contributed by atoms with Gasteiger partial charge < -0.3 is 4.74 Å². The second-order valence-corrected chi connectivity index (χ2v) is 6.26. The summed E-state index contributed by atoms with van der Waals surface area (Å²) in [5, 5.41) is 1.49. The smallest absolute Gasteiger partial charge is 0.263 e. The fraction of sp³-hybridized carbons (Fsp3) is 0.0625. The SMILES string of the molecule is COc1ccc(S(=O)(=O)Nc2nc[c]c3ccccc23)cc1. The number of methoxy groups -OCH3 is 1. The molecule has 0 amide bonds. The summed E-state index contributed by atoms with van der Waals surface area (Å²) in [5.74, 6) is 0.877. The molecule has 1 aromatic heterocycles. The summed E-state index contributed by atoms with van der Waals surface area (Å²) in [6, 6.07) is 16.5. The van der Waals surface area contributed by atoms with E-state index in [9.17, 15) is 8.42 Å². The molecule has 0 aliphatic carbocycles. The van der Waals surface area contributed by atoms with Crippen LogP contribution in [0.25, 0.3) is 10.8 Å². The average Bonchev–Trinajstić information content (AvgIpc) is 2.55. The Morgan fingerprint density at radius 1 is 1.09 bits per heavy atom. The molecule has 6 heteroatoms. The van der Waals surface area contributed by atoms with Crippen molar-refractivity contribution in [3.05, 3.63) is 60.8 Å². The van der Waals surface area contributed by atoms with Gasteiger partial charge in [0, 0.05) is 17.6 Å². The van der Waals surface area contributed by atoms with E-state index < -0.39 is 10.0 Å². The van der Waals surface area contributed by atoms with Crippen molar-refractivity contribution in [1.29, 1.82) is 0 Å². The molecule has 0 bridgehead atoms. The van der Waals surface area contributed by atoms with Gasteiger partial charge in [-0.1, -0.05) is 24.3 Å². The number of pyridine rings is 1. The Morgan fingerprint density at radius 2 is 1.82 bits per heavy atom. The Labute approximate surface area is 128 Å². The first kappa shape index (κ1) is 14.3. The number of anilines is 1. The molecule has 2 aromatic carbocycles. The molecule has 0 saturated carbocycles. The van der Waals surface area contributed by atoms with E-state index in [1.54, 1.807) is 18.2 Å². The van der Waals surface area contributed by atoms with Crippen molar-refractivity contribution in [2.75, 3.05) is 11.8 Å². The van der Waals surface area contributed by atoms with Gasteiger partial charge in [-0.25, -0.2) is 13.4 Å². The lowest BCUT2D eigenvalue weighted by Crippen LogP contribution is -2.14. The topological polar surface area (TPSA) is 68.3 Å². The average molecular weight is 313 g/mol. The van der Waals surface area contributed by atoms with Gasteiger partial charge in [0.1, 0.15) is 11.6 Å². The Morgan fingerprint density at radius 3 is 2.55 bits per heavy atom. The molecule has 0 fully saturated rings. The molecule has 0 aliphatic heterocycles. The minimum atomic E-state index is -3.71. The van der Waals surface area contributed by atoms with E-state index in [4.69, 9.17) is 4.74 Å². The van der Waals surface area contributed by atoms with Crippen LogP contribution >= 0.6 is 0 Å². The molecule has 1 N–H and O–H groups in total. The monoisotopic (exact) mass is 313 g/mol. The van der Waals surface area contributed by atoms with Crippen molar-refractivity contribution >= 4 is 26.6 Å². The predicted molar refractivity (Wildman–Crippen MR) is 84.4 cm³/mol. The highest BCUT2D eigenvalue weighted by atomic mass is 32.2. The molecule has 3 rings (SSSR count). The van der Waals surface area contributed by atoms with E-state index in [1.165, 1.54) is 25.4 Å². The van der Waals surface area contributed by atoms with Crippen LogP contribution in [0.3, 0.4) is 0 Å². The Kier molecular flexibility index (Phi) is 3.68. The highest BCUT2D eigenvalue weighted by molar-refractivity contribution is 7.92. The number of fused-ring (bicyclic) bond motifs is 1. The van der Waals surface area contributed by atoms with E-state index in [2.05, 4.69) is 15.8 Å². The van der Waals surface area contributed by atoms with Crippen molar-refractivity contribution in [1.82, 2.24) is 4.98 Å². The van der Waals surface area contributed by atoms with Gasteiger partial charge in [0.25, 0.3) is 10.0 Å². The van der Waals surface area contributed by atoms with Crippen LogP contribution in [0.2, 0.25) is 0 Å². The van der Waals surface area contributed by atoms with Crippen LogP contribution in [0, 0.1) is 6.07 Å². The maximum atomic E-state index is 12.4. The number of nitrogens with zero attached hydrogens (tertiary/aromatic N) is 1. The van der Waals surface area contributed by atoms with Gasteiger partial charge in [0.2, 0.25) is 0 Å². The van der Waals surface area contributed by atoms with Gasteiger partial charge in [0.15, 0.2) is 0 Å². The summed E-state index contributed by atoms with van der Waals surface area (Å²) in [6.07, 6.45) is 1.45. The number of sulfonamides is 1. The minimum absolute atomic E-state index is 0.145. The zero-order chi connectivity index (χ0) is 15.6. The first-order valence-electron chi connectivity index (χ1n) is 6.52. The summed E-state index contributed by atoms with van der Waals surface area (Å²) in [6.45, 7) is 0. The third-order valence-electron chi connectivity index (χ3n) is 3.20. The number of aromatic nitrogens is 1. The summed E-state index contributed by atoms with van der Waals surface area (Å²) in [5.41, 5.74) is 0. The molecule has 22 heavy (non-hydrogen) atoms. The third kappa shape index (κ3) is 2.73. The maximum absolute atomic E-state index is 12.4. The van der Waals surface area contributed by atoms with Gasteiger partial charge >= 0.3 is 0 Å². The predicted octanol–water partition coefficient (Wildman–Crippen LogP) is 2.84. The molecule has 111 valence electrons. The van der Waals surface area contributed by atoms with Crippen LogP contribution in [0.4, 0.5) is 5.82 Å². The van der Waals surface area contributed by atoms with Crippen LogP contribution < -0.4 is 9.46 Å². The van der Waals surface area contributed by atoms with Crippen molar-refractivity contribution in [2.45, 2.75) is 4.90 Å². The Balaban J connectivity index is 1.99. The van der Waals surface area contributed by atoms with Crippen LogP contribution in [-0.4, -0.2) is 20.5 Å². The molecule has 0 atom stereocenters.